The number of carbonyl (C=O) groups is 2. The second kappa shape index (κ2) is 11.5. The van der Waals surface area contributed by atoms with Crippen molar-refractivity contribution >= 4 is 11.8 Å². The van der Waals surface area contributed by atoms with Crippen LogP contribution in [0.15, 0.2) is 48.5 Å². The predicted molar refractivity (Wildman–Crippen MR) is 116 cm³/mol. The molecule has 1 N–H and O–H groups in total. The molecular formula is C24H29FN2O4. The Morgan fingerprint density at radius 3 is 2.61 bits per heavy atom. The van der Waals surface area contributed by atoms with Gasteiger partial charge in [-0.3, -0.25) is 9.59 Å². The second-order valence-electron chi connectivity index (χ2n) is 7.57. The first-order valence-electron chi connectivity index (χ1n) is 10.6. The van der Waals surface area contributed by atoms with Crippen LogP contribution in [0.2, 0.25) is 0 Å². The molecule has 166 valence electrons. The molecule has 31 heavy (non-hydrogen) atoms. The van der Waals surface area contributed by atoms with E-state index in [0.29, 0.717) is 69.0 Å². The molecule has 2 aromatic rings. The normalized spacial score (nSPS) is 14.3. The molecule has 1 aliphatic rings. The van der Waals surface area contributed by atoms with Crippen LogP contribution in [-0.4, -0.2) is 56.7 Å². The van der Waals surface area contributed by atoms with E-state index in [1.807, 2.05) is 6.07 Å². The highest BCUT2D eigenvalue weighted by Gasteiger charge is 2.27. The fraction of sp³-hybridized carbons (Fsp3) is 0.417. The average molecular weight is 429 g/mol. The maximum atomic E-state index is 13.7. The van der Waals surface area contributed by atoms with E-state index in [0.717, 1.165) is 0 Å². The lowest BCUT2D eigenvalue weighted by Crippen LogP contribution is -2.43. The Hall–Kier alpha value is -2.93. The lowest BCUT2D eigenvalue weighted by molar-refractivity contribution is -0.126. The minimum absolute atomic E-state index is 0.0306. The molecule has 2 amide bonds. The van der Waals surface area contributed by atoms with Gasteiger partial charge in [-0.1, -0.05) is 24.3 Å². The van der Waals surface area contributed by atoms with E-state index in [-0.39, 0.29) is 23.5 Å². The van der Waals surface area contributed by atoms with Crippen molar-refractivity contribution in [3.63, 3.8) is 0 Å². The standard InChI is InChI=1S/C24H29FN2O4/c1-30-15-16-31-21-7-4-6-20(17-21)24(29)27-13-10-19(11-14-27)23(28)26-12-9-18-5-2-3-8-22(18)25/h2-8,17,19H,9-16H2,1H3,(H,26,28). The molecule has 1 saturated heterocycles. The summed E-state index contributed by atoms with van der Waals surface area (Å²) in [5, 5.41) is 2.90. The van der Waals surface area contributed by atoms with Gasteiger partial charge in [0.05, 0.1) is 6.61 Å². The van der Waals surface area contributed by atoms with Crippen LogP contribution in [0.4, 0.5) is 4.39 Å². The van der Waals surface area contributed by atoms with Crippen LogP contribution >= 0.6 is 0 Å². The molecule has 2 aromatic carbocycles. The number of carbonyl (C=O) groups excluding carboxylic acids is 2. The summed E-state index contributed by atoms with van der Waals surface area (Å²) in [6, 6.07) is 13.7. The fourth-order valence-electron chi connectivity index (χ4n) is 3.65. The zero-order chi connectivity index (χ0) is 22.1. The molecule has 6 nitrogen and oxygen atoms in total. The van der Waals surface area contributed by atoms with Crippen molar-refractivity contribution < 1.29 is 23.5 Å². The Labute approximate surface area is 182 Å². The average Bonchev–Trinajstić information content (AvgIpc) is 2.80. The molecule has 0 aromatic heterocycles. The molecule has 0 saturated carbocycles. The zero-order valence-corrected chi connectivity index (χ0v) is 17.8. The van der Waals surface area contributed by atoms with Crippen LogP contribution < -0.4 is 10.1 Å². The number of piperidine rings is 1. The van der Waals surface area contributed by atoms with Crippen molar-refractivity contribution in [3.8, 4) is 5.75 Å². The van der Waals surface area contributed by atoms with E-state index in [1.54, 1.807) is 48.4 Å². The monoisotopic (exact) mass is 428 g/mol. The van der Waals surface area contributed by atoms with Gasteiger partial charge in [0.1, 0.15) is 18.2 Å². The number of likely N-dealkylation sites (tertiary alicyclic amines) is 1. The molecule has 0 bridgehead atoms. The van der Waals surface area contributed by atoms with Gasteiger partial charge in [-0.2, -0.15) is 0 Å². The molecule has 0 spiro atoms. The molecule has 0 radical (unpaired) electrons. The highest BCUT2D eigenvalue weighted by molar-refractivity contribution is 5.94. The molecule has 1 aliphatic heterocycles. The van der Waals surface area contributed by atoms with Gasteiger partial charge in [-0.05, 0) is 49.1 Å². The Morgan fingerprint density at radius 2 is 1.87 bits per heavy atom. The van der Waals surface area contributed by atoms with E-state index < -0.39 is 0 Å². The van der Waals surface area contributed by atoms with Crippen LogP contribution in [0.1, 0.15) is 28.8 Å². The molecular weight excluding hydrogens is 399 g/mol. The number of hydrogen-bond acceptors (Lipinski definition) is 4. The number of rotatable bonds is 9. The summed E-state index contributed by atoms with van der Waals surface area (Å²) in [7, 11) is 1.61. The van der Waals surface area contributed by atoms with Crippen LogP contribution in [0.5, 0.6) is 5.75 Å². The number of nitrogens with zero attached hydrogens (tertiary/aromatic N) is 1. The summed E-state index contributed by atoms with van der Waals surface area (Å²) in [6.45, 7) is 2.35. The number of ether oxygens (including phenoxy) is 2. The van der Waals surface area contributed by atoms with Crippen molar-refractivity contribution in [1.82, 2.24) is 10.2 Å². The molecule has 0 unspecified atom stereocenters. The summed E-state index contributed by atoms with van der Waals surface area (Å²) in [5.74, 6) is 0.157. The van der Waals surface area contributed by atoms with Crippen LogP contribution in [0.3, 0.4) is 0 Å². The van der Waals surface area contributed by atoms with E-state index in [9.17, 15) is 14.0 Å². The smallest absolute Gasteiger partial charge is 0.253 e. The van der Waals surface area contributed by atoms with Crippen molar-refractivity contribution in [2.45, 2.75) is 19.3 Å². The Kier molecular flexibility index (Phi) is 8.41. The number of nitrogens with one attached hydrogen (secondary N) is 1. The maximum absolute atomic E-state index is 13.7. The van der Waals surface area contributed by atoms with Gasteiger partial charge in [-0.25, -0.2) is 4.39 Å². The SMILES string of the molecule is COCCOc1cccc(C(=O)N2CCC(C(=O)NCCc3ccccc3F)CC2)c1. The van der Waals surface area contributed by atoms with Gasteiger partial charge in [0.15, 0.2) is 0 Å². The third-order valence-corrected chi connectivity index (χ3v) is 5.44. The van der Waals surface area contributed by atoms with Crippen LogP contribution in [-0.2, 0) is 16.0 Å². The first-order valence-corrected chi connectivity index (χ1v) is 10.6. The first kappa shape index (κ1) is 22.7. The number of hydrogen-bond donors (Lipinski definition) is 1. The second-order valence-corrected chi connectivity index (χ2v) is 7.57. The van der Waals surface area contributed by atoms with Crippen molar-refractivity contribution in [1.29, 1.82) is 0 Å². The summed E-state index contributed by atoms with van der Waals surface area (Å²) in [5.41, 5.74) is 1.17. The topological polar surface area (TPSA) is 67.9 Å². The maximum Gasteiger partial charge on any atom is 0.253 e. The van der Waals surface area contributed by atoms with E-state index in [1.165, 1.54) is 6.07 Å². The number of methoxy groups -OCH3 is 1. The van der Waals surface area contributed by atoms with Gasteiger partial charge in [0.2, 0.25) is 5.91 Å². The molecule has 1 heterocycles. The van der Waals surface area contributed by atoms with E-state index >= 15 is 0 Å². The third-order valence-electron chi connectivity index (χ3n) is 5.44. The number of halogens is 1. The zero-order valence-electron chi connectivity index (χ0n) is 17.8. The first-order chi connectivity index (χ1) is 15.1. The van der Waals surface area contributed by atoms with Crippen molar-refractivity contribution in [3.05, 3.63) is 65.5 Å². The number of amides is 2. The molecule has 0 aliphatic carbocycles. The highest BCUT2D eigenvalue weighted by atomic mass is 19.1. The Balaban J connectivity index is 1.44. The van der Waals surface area contributed by atoms with Crippen molar-refractivity contribution in [2.24, 2.45) is 5.92 Å². The van der Waals surface area contributed by atoms with Gasteiger partial charge in [-0.15, -0.1) is 0 Å². The summed E-state index contributed by atoms with van der Waals surface area (Å²) in [6.07, 6.45) is 1.68. The summed E-state index contributed by atoms with van der Waals surface area (Å²) in [4.78, 5) is 27.1. The predicted octanol–water partition coefficient (Wildman–Crippen LogP) is 3.06. The Bertz CT molecular complexity index is 881. The quantitative estimate of drug-likeness (QED) is 0.624. The Morgan fingerprint density at radius 1 is 1.10 bits per heavy atom. The fourth-order valence-corrected chi connectivity index (χ4v) is 3.65. The van der Waals surface area contributed by atoms with Gasteiger partial charge < -0.3 is 19.7 Å². The molecule has 0 atom stereocenters. The minimum Gasteiger partial charge on any atom is -0.491 e. The largest absolute Gasteiger partial charge is 0.491 e. The van der Waals surface area contributed by atoms with Gasteiger partial charge in [0.25, 0.3) is 5.91 Å². The molecule has 1 fully saturated rings. The van der Waals surface area contributed by atoms with E-state index in [4.69, 9.17) is 9.47 Å². The minimum atomic E-state index is -0.253. The lowest BCUT2D eigenvalue weighted by atomic mass is 9.95. The van der Waals surface area contributed by atoms with Gasteiger partial charge >= 0.3 is 0 Å². The molecule has 7 heteroatoms. The lowest BCUT2D eigenvalue weighted by Gasteiger charge is -2.31. The molecule has 3 rings (SSSR count). The van der Waals surface area contributed by atoms with Crippen LogP contribution in [0.25, 0.3) is 0 Å². The van der Waals surface area contributed by atoms with Gasteiger partial charge in [0, 0.05) is 38.2 Å². The third kappa shape index (κ3) is 6.52. The van der Waals surface area contributed by atoms with Crippen molar-refractivity contribution in [2.75, 3.05) is 40.0 Å². The highest BCUT2D eigenvalue weighted by Crippen LogP contribution is 2.21. The number of benzene rings is 2. The summed E-state index contributed by atoms with van der Waals surface area (Å²) < 4.78 is 24.2. The summed E-state index contributed by atoms with van der Waals surface area (Å²) >= 11 is 0. The van der Waals surface area contributed by atoms with E-state index in [2.05, 4.69) is 5.32 Å². The van der Waals surface area contributed by atoms with Crippen LogP contribution in [0, 0.1) is 11.7 Å².